The van der Waals surface area contributed by atoms with Gasteiger partial charge in [-0.15, -0.1) is 0 Å². The summed E-state index contributed by atoms with van der Waals surface area (Å²) in [5.41, 5.74) is 0. The smallest absolute Gasteiger partial charge is 0.00670 e. The Morgan fingerprint density at radius 1 is 1.00 bits per heavy atom. The Morgan fingerprint density at radius 3 is 2.27 bits per heavy atom. The Kier molecular flexibility index (Phi) is 7.03. The predicted molar refractivity (Wildman–Crippen MR) is 67.2 cm³/mol. The van der Waals surface area contributed by atoms with Crippen molar-refractivity contribution in [2.24, 2.45) is 0 Å². The van der Waals surface area contributed by atoms with E-state index in [0.29, 0.717) is 6.04 Å². The van der Waals surface area contributed by atoms with Crippen molar-refractivity contribution >= 4 is 0 Å². The van der Waals surface area contributed by atoms with Gasteiger partial charge in [-0.3, -0.25) is 0 Å². The molecule has 2 nitrogen and oxygen atoms in total. The molecule has 0 bridgehead atoms. The molecule has 2 heteroatoms. The molecule has 1 rings (SSSR count). The van der Waals surface area contributed by atoms with Gasteiger partial charge < -0.3 is 10.6 Å². The van der Waals surface area contributed by atoms with E-state index in [4.69, 9.17) is 0 Å². The first-order valence-corrected chi connectivity index (χ1v) is 6.76. The molecule has 15 heavy (non-hydrogen) atoms. The summed E-state index contributed by atoms with van der Waals surface area (Å²) in [6, 6.07) is 1.44. The van der Waals surface area contributed by atoms with Crippen LogP contribution in [0.2, 0.25) is 0 Å². The molecule has 2 N–H and O–H groups in total. The number of hydrogen-bond acceptors (Lipinski definition) is 2. The second-order valence-corrected chi connectivity index (χ2v) is 5.10. The van der Waals surface area contributed by atoms with E-state index in [1.54, 1.807) is 0 Å². The van der Waals surface area contributed by atoms with Gasteiger partial charge >= 0.3 is 0 Å². The van der Waals surface area contributed by atoms with Gasteiger partial charge in [0.05, 0.1) is 0 Å². The monoisotopic (exact) mass is 212 g/mol. The standard InChI is InChI=1S/C13H28N2/c1-12(2)14-10-7-11-15-13-8-5-3-4-6-9-13/h12-15H,3-11H2,1-2H3. The predicted octanol–water partition coefficient (Wildman–Crippen LogP) is 2.69. The lowest BCUT2D eigenvalue weighted by Gasteiger charge is -2.16. The third kappa shape index (κ3) is 6.91. The molecular formula is C13H28N2. The molecule has 0 aromatic rings. The van der Waals surface area contributed by atoms with Gasteiger partial charge in [0, 0.05) is 12.1 Å². The van der Waals surface area contributed by atoms with Crippen molar-refractivity contribution in [1.29, 1.82) is 0 Å². The Balaban J connectivity index is 1.94. The van der Waals surface area contributed by atoms with Gasteiger partial charge in [0.25, 0.3) is 0 Å². The van der Waals surface area contributed by atoms with E-state index < -0.39 is 0 Å². The lowest BCUT2D eigenvalue weighted by molar-refractivity contribution is 0.446. The van der Waals surface area contributed by atoms with Gasteiger partial charge in [-0.2, -0.15) is 0 Å². The van der Waals surface area contributed by atoms with Crippen LogP contribution in [0.5, 0.6) is 0 Å². The van der Waals surface area contributed by atoms with Crippen LogP contribution in [0, 0.1) is 0 Å². The molecule has 0 aliphatic heterocycles. The average molecular weight is 212 g/mol. The lowest BCUT2D eigenvalue weighted by atomic mass is 10.1. The molecule has 0 unspecified atom stereocenters. The molecule has 90 valence electrons. The fourth-order valence-electron chi connectivity index (χ4n) is 2.27. The van der Waals surface area contributed by atoms with Gasteiger partial charge in [-0.25, -0.2) is 0 Å². The Morgan fingerprint density at radius 2 is 1.67 bits per heavy atom. The van der Waals surface area contributed by atoms with Gasteiger partial charge in [0.2, 0.25) is 0 Å². The first-order chi connectivity index (χ1) is 7.29. The highest BCUT2D eigenvalue weighted by molar-refractivity contribution is 4.70. The number of nitrogens with one attached hydrogen (secondary N) is 2. The maximum absolute atomic E-state index is 3.70. The minimum Gasteiger partial charge on any atom is -0.314 e. The average Bonchev–Trinajstić information content (AvgIpc) is 2.45. The fourth-order valence-corrected chi connectivity index (χ4v) is 2.27. The zero-order valence-electron chi connectivity index (χ0n) is 10.5. The molecule has 0 spiro atoms. The molecule has 0 heterocycles. The van der Waals surface area contributed by atoms with Crippen LogP contribution in [-0.2, 0) is 0 Å². The maximum Gasteiger partial charge on any atom is 0.00670 e. The summed E-state index contributed by atoms with van der Waals surface area (Å²) in [6.45, 7) is 6.75. The van der Waals surface area contributed by atoms with Crippen molar-refractivity contribution in [2.75, 3.05) is 13.1 Å². The van der Waals surface area contributed by atoms with Crippen molar-refractivity contribution < 1.29 is 0 Å². The minimum atomic E-state index is 0.628. The minimum absolute atomic E-state index is 0.628. The zero-order chi connectivity index (χ0) is 10.9. The molecule has 1 fully saturated rings. The normalized spacial score (nSPS) is 19.4. The second-order valence-electron chi connectivity index (χ2n) is 5.10. The van der Waals surface area contributed by atoms with Crippen LogP contribution in [-0.4, -0.2) is 25.2 Å². The third-order valence-electron chi connectivity index (χ3n) is 3.19. The quantitative estimate of drug-likeness (QED) is 0.522. The largest absolute Gasteiger partial charge is 0.314 e. The van der Waals surface area contributed by atoms with E-state index in [9.17, 15) is 0 Å². The Hall–Kier alpha value is -0.0800. The molecular weight excluding hydrogens is 184 g/mol. The van der Waals surface area contributed by atoms with E-state index in [2.05, 4.69) is 24.5 Å². The number of rotatable bonds is 6. The highest BCUT2D eigenvalue weighted by Crippen LogP contribution is 2.16. The van der Waals surface area contributed by atoms with Gasteiger partial charge in [0.15, 0.2) is 0 Å². The highest BCUT2D eigenvalue weighted by Gasteiger charge is 2.10. The van der Waals surface area contributed by atoms with Crippen LogP contribution in [0.15, 0.2) is 0 Å². The highest BCUT2D eigenvalue weighted by atomic mass is 14.9. The van der Waals surface area contributed by atoms with Crippen molar-refractivity contribution in [3.63, 3.8) is 0 Å². The molecule has 0 atom stereocenters. The summed E-state index contributed by atoms with van der Waals surface area (Å²) in [6.07, 6.45) is 9.83. The van der Waals surface area contributed by atoms with E-state index in [1.807, 2.05) is 0 Å². The van der Waals surface area contributed by atoms with E-state index >= 15 is 0 Å². The molecule has 1 saturated carbocycles. The van der Waals surface area contributed by atoms with Crippen molar-refractivity contribution in [2.45, 2.75) is 70.9 Å². The van der Waals surface area contributed by atoms with Crippen molar-refractivity contribution in [3.8, 4) is 0 Å². The van der Waals surface area contributed by atoms with E-state index in [0.717, 1.165) is 12.6 Å². The van der Waals surface area contributed by atoms with Gasteiger partial charge in [0.1, 0.15) is 0 Å². The summed E-state index contributed by atoms with van der Waals surface area (Å²) < 4.78 is 0. The van der Waals surface area contributed by atoms with E-state index in [1.165, 1.54) is 51.5 Å². The second kappa shape index (κ2) is 8.12. The molecule has 0 radical (unpaired) electrons. The summed E-state index contributed by atoms with van der Waals surface area (Å²) >= 11 is 0. The molecule has 0 aromatic carbocycles. The topological polar surface area (TPSA) is 24.1 Å². The Labute approximate surface area is 95.2 Å². The zero-order valence-corrected chi connectivity index (χ0v) is 10.5. The van der Waals surface area contributed by atoms with Crippen LogP contribution in [0.1, 0.15) is 58.8 Å². The molecule has 1 aliphatic rings. The van der Waals surface area contributed by atoms with Gasteiger partial charge in [-0.05, 0) is 32.4 Å². The first-order valence-electron chi connectivity index (χ1n) is 6.76. The molecule has 0 amide bonds. The van der Waals surface area contributed by atoms with Crippen LogP contribution in [0.4, 0.5) is 0 Å². The fraction of sp³-hybridized carbons (Fsp3) is 1.00. The van der Waals surface area contributed by atoms with Crippen LogP contribution in [0.25, 0.3) is 0 Å². The third-order valence-corrected chi connectivity index (χ3v) is 3.19. The first kappa shape index (κ1) is 13.0. The van der Waals surface area contributed by atoms with Crippen LogP contribution in [0.3, 0.4) is 0 Å². The molecule has 1 aliphatic carbocycles. The molecule has 0 aromatic heterocycles. The SMILES string of the molecule is CC(C)NCCCNC1CCCCCC1. The van der Waals surface area contributed by atoms with Gasteiger partial charge in [-0.1, -0.05) is 39.5 Å². The Bertz CT molecular complexity index is 137. The summed E-state index contributed by atoms with van der Waals surface area (Å²) in [5.74, 6) is 0. The van der Waals surface area contributed by atoms with Crippen LogP contribution >= 0.6 is 0 Å². The van der Waals surface area contributed by atoms with Crippen LogP contribution < -0.4 is 10.6 Å². The van der Waals surface area contributed by atoms with E-state index in [-0.39, 0.29) is 0 Å². The van der Waals surface area contributed by atoms with Crippen molar-refractivity contribution in [3.05, 3.63) is 0 Å². The maximum atomic E-state index is 3.70. The lowest BCUT2D eigenvalue weighted by Crippen LogP contribution is -2.32. The number of hydrogen-bond donors (Lipinski definition) is 2. The summed E-state index contributed by atoms with van der Waals surface area (Å²) in [4.78, 5) is 0. The van der Waals surface area contributed by atoms with Crippen molar-refractivity contribution in [1.82, 2.24) is 10.6 Å². The summed E-state index contributed by atoms with van der Waals surface area (Å²) in [5, 5.41) is 7.15. The summed E-state index contributed by atoms with van der Waals surface area (Å²) in [7, 11) is 0. The molecule has 0 saturated heterocycles.